The van der Waals surface area contributed by atoms with Gasteiger partial charge in [0.15, 0.2) is 5.82 Å². The van der Waals surface area contributed by atoms with Crippen LogP contribution in [0.15, 0.2) is 53.5 Å². The van der Waals surface area contributed by atoms with Gasteiger partial charge in [0.05, 0.1) is 12.1 Å². The molecule has 1 aromatic carbocycles. The Labute approximate surface area is 109 Å². The van der Waals surface area contributed by atoms with Gasteiger partial charge in [0.2, 0.25) is 0 Å². The number of nitrogen functional groups attached to an aromatic ring is 1. The molecule has 2 aromatic heterocycles. The number of benzene rings is 1. The molecule has 2 N–H and O–H groups in total. The molecule has 0 aliphatic heterocycles. The summed E-state index contributed by atoms with van der Waals surface area (Å²) in [6.45, 7) is 1.19. The number of hydrogen-bond acceptors (Lipinski definition) is 3. The fraction of sp³-hybridized carbons (Fsp3) is 0.143. The first kappa shape index (κ1) is 11.5. The highest BCUT2D eigenvalue weighted by molar-refractivity contribution is 5.88. The van der Waals surface area contributed by atoms with Crippen LogP contribution < -0.4 is 11.3 Å². The van der Waals surface area contributed by atoms with Crippen molar-refractivity contribution in [1.29, 1.82) is 0 Å². The van der Waals surface area contributed by atoms with E-state index in [1.807, 2.05) is 35.0 Å². The summed E-state index contributed by atoms with van der Waals surface area (Å²) in [7, 11) is 0. The number of nitrogens with zero attached hydrogens (tertiary/aromatic N) is 3. The largest absolute Gasteiger partial charge is 0.382 e. The van der Waals surface area contributed by atoms with Crippen LogP contribution in [0, 0.1) is 0 Å². The first-order valence-electron chi connectivity index (χ1n) is 6.12. The van der Waals surface area contributed by atoms with Crippen molar-refractivity contribution in [2.75, 3.05) is 5.73 Å². The highest BCUT2D eigenvalue weighted by Gasteiger charge is 2.06. The van der Waals surface area contributed by atoms with Gasteiger partial charge in [-0.05, 0) is 18.2 Å². The molecule has 0 saturated heterocycles. The third-order valence-electron chi connectivity index (χ3n) is 3.14. The lowest BCUT2D eigenvalue weighted by Crippen LogP contribution is -2.20. The van der Waals surface area contributed by atoms with E-state index in [4.69, 9.17) is 5.73 Å². The number of para-hydroxylation sites is 1. The maximum Gasteiger partial charge on any atom is 0.250 e. The molecule has 0 unspecified atom stereocenters. The van der Waals surface area contributed by atoms with Crippen LogP contribution in [0.4, 0.5) is 5.82 Å². The van der Waals surface area contributed by atoms with Crippen LogP contribution in [0.25, 0.3) is 10.9 Å². The maximum atomic E-state index is 11.6. The van der Waals surface area contributed by atoms with E-state index >= 15 is 0 Å². The van der Waals surface area contributed by atoms with Gasteiger partial charge < -0.3 is 10.3 Å². The lowest BCUT2D eigenvalue weighted by Gasteiger charge is -2.06. The highest BCUT2D eigenvalue weighted by Crippen LogP contribution is 2.19. The molecule has 3 aromatic rings. The third kappa shape index (κ3) is 2.10. The van der Waals surface area contributed by atoms with Gasteiger partial charge in [0.25, 0.3) is 5.56 Å². The molecule has 96 valence electrons. The average molecular weight is 254 g/mol. The zero-order chi connectivity index (χ0) is 13.2. The van der Waals surface area contributed by atoms with Gasteiger partial charge in [-0.25, -0.2) is 0 Å². The molecule has 0 spiro atoms. The van der Waals surface area contributed by atoms with Crippen LogP contribution in [0.2, 0.25) is 0 Å². The number of anilines is 1. The van der Waals surface area contributed by atoms with Crippen LogP contribution in [-0.4, -0.2) is 14.3 Å². The molecular formula is C14H14N4O. The van der Waals surface area contributed by atoms with Crippen molar-refractivity contribution < 1.29 is 0 Å². The van der Waals surface area contributed by atoms with E-state index in [1.165, 1.54) is 0 Å². The minimum absolute atomic E-state index is 0.00747. The molecule has 0 bridgehead atoms. The van der Waals surface area contributed by atoms with Gasteiger partial charge in [-0.3, -0.25) is 9.48 Å². The quantitative estimate of drug-likeness (QED) is 0.770. The lowest BCUT2D eigenvalue weighted by atomic mass is 10.2. The SMILES string of the molecule is Nc1nn(CCn2ccccc2=O)c2ccccc12. The molecule has 0 fully saturated rings. The van der Waals surface area contributed by atoms with Crippen molar-refractivity contribution in [3.63, 3.8) is 0 Å². The summed E-state index contributed by atoms with van der Waals surface area (Å²) >= 11 is 0. The molecular weight excluding hydrogens is 240 g/mol. The Morgan fingerprint density at radius 3 is 2.68 bits per heavy atom. The predicted molar refractivity (Wildman–Crippen MR) is 74.8 cm³/mol. The number of fused-ring (bicyclic) bond motifs is 1. The summed E-state index contributed by atoms with van der Waals surface area (Å²) in [5.41, 5.74) is 6.86. The molecule has 0 aliphatic carbocycles. The molecule has 0 saturated carbocycles. The van der Waals surface area contributed by atoms with Crippen LogP contribution in [0.3, 0.4) is 0 Å². The zero-order valence-electron chi connectivity index (χ0n) is 10.4. The molecule has 3 rings (SSSR count). The van der Waals surface area contributed by atoms with Gasteiger partial charge in [0.1, 0.15) is 0 Å². The van der Waals surface area contributed by atoms with Crippen LogP contribution in [0.5, 0.6) is 0 Å². The van der Waals surface area contributed by atoms with Crippen molar-refractivity contribution in [3.05, 3.63) is 59.0 Å². The third-order valence-corrected chi connectivity index (χ3v) is 3.14. The smallest absolute Gasteiger partial charge is 0.250 e. The average Bonchev–Trinajstić information content (AvgIpc) is 2.75. The molecule has 2 heterocycles. The normalized spacial score (nSPS) is 10.9. The number of aromatic nitrogens is 3. The van der Waals surface area contributed by atoms with Crippen molar-refractivity contribution in [2.24, 2.45) is 0 Å². The maximum absolute atomic E-state index is 11.6. The predicted octanol–water partition coefficient (Wildman–Crippen LogP) is 1.48. The van der Waals surface area contributed by atoms with Gasteiger partial charge >= 0.3 is 0 Å². The molecule has 0 amide bonds. The van der Waals surface area contributed by atoms with Gasteiger partial charge in [0, 0.05) is 24.2 Å². The number of pyridine rings is 1. The van der Waals surface area contributed by atoms with Crippen molar-refractivity contribution in [1.82, 2.24) is 14.3 Å². The molecule has 0 aliphatic rings. The summed E-state index contributed by atoms with van der Waals surface area (Å²) < 4.78 is 3.50. The Hall–Kier alpha value is -2.56. The summed E-state index contributed by atoms with van der Waals surface area (Å²) in [6.07, 6.45) is 1.78. The standard InChI is InChI=1S/C14H14N4O/c15-14-11-5-1-2-6-12(11)18(16-14)10-9-17-8-4-3-7-13(17)19/h1-8H,9-10H2,(H2,15,16). The Kier molecular flexibility index (Phi) is 2.79. The first-order valence-corrected chi connectivity index (χ1v) is 6.12. The second-order valence-electron chi connectivity index (χ2n) is 4.36. The number of nitrogens with two attached hydrogens (primary N) is 1. The second kappa shape index (κ2) is 4.61. The minimum Gasteiger partial charge on any atom is -0.382 e. The summed E-state index contributed by atoms with van der Waals surface area (Å²) in [5, 5.41) is 5.26. The number of hydrogen-bond donors (Lipinski definition) is 1. The second-order valence-corrected chi connectivity index (χ2v) is 4.36. The van der Waals surface area contributed by atoms with Gasteiger partial charge in [-0.1, -0.05) is 18.2 Å². The zero-order valence-corrected chi connectivity index (χ0v) is 10.4. The van der Waals surface area contributed by atoms with E-state index in [2.05, 4.69) is 5.10 Å². The fourth-order valence-electron chi connectivity index (χ4n) is 2.17. The highest BCUT2D eigenvalue weighted by atomic mass is 16.1. The first-order chi connectivity index (χ1) is 9.25. The monoisotopic (exact) mass is 254 g/mol. The lowest BCUT2D eigenvalue weighted by molar-refractivity contribution is 0.537. The Morgan fingerprint density at radius 2 is 1.84 bits per heavy atom. The van der Waals surface area contributed by atoms with Crippen molar-refractivity contribution in [2.45, 2.75) is 13.1 Å². The Morgan fingerprint density at radius 1 is 1.05 bits per heavy atom. The molecule has 19 heavy (non-hydrogen) atoms. The molecule has 5 nitrogen and oxygen atoms in total. The van der Waals surface area contributed by atoms with E-state index < -0.39 is 0 Å². The number of rotatable bonds is 3. The van der Waals surface area contributed by atoms with Gasteiger partial charge in [-0.15, -0.1) is 0 Å². The van der Waals surface area contributed by atoms with Crippen LogP contribution in [-0.2, 0) is 13.1 Å². The van der Waals surface area contributed by atoms with Crippen LogP contribution in [0.1, 0.15) is 0 Å². The van der Waals surface area contributed by atoms with E-state index in [-0.39, 0.29) is 5.56 Å². The van der Waals surface area contributed by atoms with Crippen molar-refractivity contribution in [3.8, 4) is 0 Å². The summed E-state index contributed by atoms with van der Waals surface area (Å²) in [5.74, 6) is 0.524. The van der Waals surface area contributed by atoms with E-state index in [0.29, 0.717) is 18.9 Å². The Balaban J connectivity index is 1.91. The molecule has 5 heteroatoms. The topological polar surface area (TPSA) is 65.8 Å². The summed E-state index contributed by atoms with van der Waals surface area (Å²) in [4.78, 5) is 11.6. The Bertz CT molecular complexity index is 772. The van der Waals surface area contributed by atoms with E-state index in [9.17, 15) is 4.79 Å². The molecule has 0 radical (unpaired) electrons. The molecule has 0 atom stereocenters. The minimum atomic E-state index is -0.00747. The van der Waals surface area contributed by atoms with Crippen molar-refractivity contribution >= 4 is 16.7 Å². The van der Waals surface area contributed by atoms with E-state index in [1.54, 1.807) is 22.9 Å². The fourth-order valence-corrected chi connectivity index (χ4v) is 2.17. The van der Waals surface area contributed by atoms with Gasteiger partial charge in [-0.2, -0.15) is 5.10 Å². The summed E-state index contributed by atoms with van der Waals surface area (Å²) in [6, 6.07) is 12.9. The number of aryl methyl sites for hydroxylation is 2. The van der Waals surface area contributed by atoms with E-state index in [0.717, 1.165) is 10.9 Å². The van der Waals surface area contributed by atoms with Crippen LogP contribution >= 0.6 is 0 Å².